The number of benzene rings is 3. The van der Waals surface area contributed by atoms with Crippen molar-refractivity contribution in [2.24, 2.45) is 5.92 Å². The van der Waals surface area contributed by atoms with Crippen LogP contribution in [-0.2, 0) is 52.8 Å². The minimum absolute atomic E-state index is 0.0340. The third-order valence-electron chi connectivity index (χ3n) is 13.1. The second-order valence-corrected chi connectivity index (χ2v) is 17.4. The number of carbonyl (C=O) groups excluding carboxylic acids is 7. The van der Waals surface area contributed by atoms with E-state index in [0.717, 1.165) is 11.1 Å². The van der Waals surface area contributed by atoms with E-state index in [0.29, 0.717) is 50.5 Å². The number of nitrogens with zero attached hydrogens (tertiary/aromatic N) is 3. The van der Waals surface area contributed by atoms with Crippen molar-refractivity contribution >= 4 is 41.4 Å². The predicted molar refractivity (Wildman–Crippen MR) is 233 cm³/mol. The quantitative estimate of drug-likeness (QED) is 0.228. The van der Waals surface area contributed by atoms with Crippen LogP contribution in [0, 0.1) is 5.92 Å². The first-order chi connectivity index (χ1) is 30.4. The highest BCUT2D eigenvalue weighted by molar-refractivity contribution is 5.99. The third-order valence-corrected chi connectivity index (χ3v) is 13.1. The van der Waals surface area contributed by atoms with E-state index < -0.39 is 83.6 Å². The number of aromatic hydroxyl groups is 1. The number of hydrogen-bond donors (Lipinski definition) is 5. The van der Waals surface area contributed by atoms with Gasteiger partial charge in [-0.1, -0.05) is 93.1 Å². The molecule has 15 heteroatoms. The van der Waals surface area contributed by atoms with Crippen LogP contribution in [0.3, 0.4) is 0 Å². The van der Waals surface area contributed by atoms with Gasteiger partial charge in [-0.25, -0.2) is 0 Å². The third kappa shape index (κ3) is 10.5. The molecule has 3 aromatic rings. The fraction of sp³-hybridized carbons (Fsp3) is 0.479. The van der Waals surface area contributed by atoms with Crippen molar-refractivity contribution in [2.45, 2.75) is 120 Å². The minimum Gasteiger partial charge on any atom is -0.508 e. The molecule has 3 aromatic carbocycles. The molecule has 334 valence electrons. The Balaban J connectivity index is 1.27. The molecule has 4 aliphatic rings. The maximum absolute atomic E-state index is 14.7. The van der Waals surface area contributed by atoms with Crippen molar-refractivity contribution in [2.75, 3.05) is 19.6 Å². The van der Waals surface area contributed by atoms with Crippen LogP contribution in [0.4, 0.5) is 0 Å². The second-order valence-electron chi connectivity index (χ2n) is 17.4. The lowest BCUT2D eigenvalue weighted by Crippen LogP contribution is -2.60. The van der Waals surface area contributed by atoms with Gasteiger partial charge in [0.1, 0.15) is 48.0 Å². The van der Waals surface area contributed by atoms with Crippen molar-refractivity contribution in [3.05, 3.63) is 102 Å². The van der Waals surface area contributed by atoms with E-state index in [9.17, 15) is 38.7 Å². The van der Waals surface area contributed by atoms with Crippen LogP contribution >= 0.6 is 0 Å². The highest BCUT2D eigenvalue weighted by Crippen LogP contribution is 2.26. The van der Waals surface area contributed by atoms with Gasteiger partial charge in [0.05, 0.1) is 0 Å². The van der Waals surface area contributed by atoms with E-state index in [1.54, 1.807) is 12.1 Å². The van der Waals surface area contributed by atoms with Crippen LogP contribution in [0.25, 0.3) is 0 Å². The summed E-state index contributed by atoms with van der Waals surface area (Å²) in [6.45, 7) is 4.50. The number of phenols is 1. The molecule has 0 spiro atoms. The Morgan fingerprint density at radius 3 is 1.32 bits per heavy atom. The standard InChI is InChI=1S/C48H59N7O8/c1-3-30(2)41-48(63)55-26-12-19-40(55)45(60)51-37(29-33-20-22-34(56)23-21-33)47(62)54-25-11-18-39(54)44(59)50-36(28-32-15-8-5-9-16-32)46(61)53-24-10-17-38(53)43(58)49-35(42(57)52-41)27-31-13-6-4-7-14-31/h4-9,13-16,20-23,30,35-41,56H,3,10-12,17-19,24-29H2,1-2H3,(H,49,58)(H,50,59)(H,51,60)(H,52,57)/t30-,35-,36-,37-,38-,39-,40-,41-/m0/s1. The summed E-state index contributed by atoms with van der Waals surface area (Å²) in [5.41, 5.74) is 2.20. The largest absolute Gasteiger partial charge is 0.508 e. The zero-order chi connectivity index (χ0) is 44.6. The van der Waals surface area contributed by atoms with Crippen LogP contribution in [0.2, 0.25) is 0 Å². The van der Waals surface area contributed by atoms with Gasteiger partial charge in [0, 0.05) is 38.9 Å². The zero-order valence-corrected chi connectivity index (χ0v) is 36.0. The van der Waals surface area contributed by atoms with E-state index in [4.69, 9.17) is 0 Å². The molecule has 5 N–H and O–H groups in total. The topological polar surface area (TPSA) is 198 Å². The maximum Gasteiger partial charge on any atom is 0.246 e. The summed E-state index contributed by atoms with van der Waals surface area (Å²) >= 11 is 0. The molecule has 4 aliphatic heterocycles. The Morgan fingerprint density at radius 2 is 0.889 bits per heavy atom. The van der Waals surface area contributed by atoms with Crippen molar-refractivity contribution in [3.8, 4) is 5.75 Å². The molecule has 7 rings (SSSR count). The van der Waals surface area contributed by atoms with E-state index >= 15 is 0 Å². The molecule has 0 saturated carbocycles. The van der Waals surface area contributed by atoms with E-state index in [1.807, 2.05) is 74.5 Å². The molecule has 0 aliphatic carbocycles. The van der Waals surface area contributed by atoms with Crippen molar-refractivity contribution < 1.29 is 38.7 Å². The molecule has 0 aromatic heterocycles. The number of rotatable bonds is 8. The minimum atomic E-state index is -1.14. The van der Waals surface area contributed by atoms with E-state index in [2.05, 4.69) is 21.3 Å². The molecule has 0 radical (unpaired) electrons. The molecule has 0 unspecified atom stereocenters. The predicted octanol–water partition coefficient (Wildman–Crippen LogP) is 2.39. The summed E-state index contributed by atoms with van der Waals surface area (Å²) in [4.78, 5) is 106. The fourth-order valence-corrected chi connectivity index (χ4v) is 9.41. The number of hydrogen-bond acceptors (Lipinski definition) is 8. The van der Waals surface area contributed by atoms with Crippen molar-refractivity contribution in [3.63, 3.8) is 0 Å². The lowest BCUT2D eigenvalue weighted by molar-refractivity contribution is -0.145. The number of nitrogens with one attached hydrogen (secondary N) is 4. The van der Waals surface area contributed by atoms with Gasteiger partial charge in [0.25, 0.3) is 0 Å². The lowest BCUT2D eigenvalue weighted by atomic mass is 9.96. The van der Waals surface area contributed by atoms with Gasteiger partial charge in [0.2, 0.25) is 41.4 Å². The zero-order valence-electron chi connectivity index (χ0n) is 36.0. The van der Waals surface area contributed by atoms with Gasteiger partial charge in [-0.2, -0.15) is 0 Å². The number of fused-ring (bicyclic) bond motifs is 3. The van der Waals surface area contributed by atoms with Gasteiger partial charge in [-0.3, -0.25) is 33.6 Å². The molecule has 15 nitrogen and oxygen atoms in total. The summed E-state index contributed by atoms with van der Waals surface area (Å²) in [5.74, 6) is -3.90. The summed E-state index contributed by atoms with van der Waals surface area (Å²) in [6.07, 6.45) is 3.32. The van der Waals surface area contributed by atoms with Gasteiger partial charge in [-0.15, -0.1) is 0 Å². The van der Waals surface area contributed by atoms with E-state index in [-0.39, 0.29) is 50.6 Å². The molecule has 4 fully saturated rings. The van der Waals surface area contributed by atoms with Gasteiger partial charge in [0.15, 0.2) is 0 Å². The molecular formula is C48H59N7O8. The summed E-state index contributed by atoms with van der Waals surface area (Å²) < 4.78 is 0. The van der Waals surface area contributed by atoms with Gasteiger partial charge >= 0.3 is 0 Å². The lowest BCUT2D eigenvalue weighted by Gasteiger charge is -2.33. The fourth-order valence-electron chi connectivity index (χ4n) is 9.41. The Kier molecular flexibility index (Phi) is 14.4. The number of amides is 7. The first kappa shape index (κ1) is 44.8. The number of phenolic OH excluding ortho intramolecular Hbond substituents is 1. The summed E-state index contributed by atoms with van der Waals surface area (Å²) in [5, 5.41) is 21.8. The highest BCUT2D eigenvalue weighted by Gasteiger charge is 2.45. The smallest absolute Gasteiger partial charge is 0.246 e. The van der Waals surface area contributed by atoms with Crippen LogP contribution in [0.5, 0.6) is 5.75 Å². The first-order valence-electron chi connectivity index (χ1n) is 22.4. The maximum atomic E-state index is 14.7. The molecule has 4 heterocycles. The molecule has 0 bridgehead atoms. The van der Waals surface area contributed by atoms with Crippen LogP contribution in [0.15, 0.2) is 84.9 Å². The average Bonchev–Trinajstić information content (AvgIpc) is 4.10. The summed E-state index contributed by atoms with van der Waals surface area (Å²) in [6, 6.07) is 17.5. The normalized spacial score (nSPS) is 27.0. The summed E-state index contributed by atoms with van der Waals surface area (Å²) in [7, 11) is 0. The first-order valence-corrected chi connectivity index (χ1v) is 22.4. The molecule has 63 heavy (non-hydrogen) atoms. The van der Waals surface area contributed by atoms with Crippen LogP contribution in [0.1, 0.15) is 75.5 Å². The Bertz CT molecular complexity index is 2140. The molecular weight excluding hydrogens is 803 g/mol. The molecule has 8 atom stereocenters. The van der Waals surface area contributed by atoms with Crippen LogP contribution in [-0.4, -0.2) is 123 Å². The SMILES string of the molecule is CC[C@H](C)[C@@H]1NC(=O)[C@H](Cc2ccccc2)NC(=O)[C@@H]2CCCN2C(=O)[C@H](Cc2ccccc2)NC(=O)[C@@H]2CCCN2C(=O)[C@H](Cc2ccc(O)cc2)NC(=O)[C@@H]2CCCN2C1=O. The Morgan fingerprint density at radius 1 is 0.508 bits per heavy atom. The van der Waals surface area contributed by atoms with Crippen molar-refractivity contribution in [1.29, 1.82) is 0 Å². The monoisotopic (exact) mass is 861 g/mol. The molecule has 4 saturated heterocycles. The second kappa shape index (κ2) is 20.3. The van der Waals surface area contributed by atoms with Gasteiger partial charge < -0.3 is 41.1 Å². The Hall–Kier alpha value is -6.25. The Labute approximate surface area is 368 Å². The van der Waals surface area contributed by atoms with Crippen molar-refractivity contribution in [1.82, 2.24) is 36.0 Å². The molecule has 7 amide bonds. The highest BCUT2D eigenvalue weighted by atomic mass is 16.3. The van der Waals surface area contributed by atoms with E-state index in [1.165, 1.54) is 26.8 Å². The average molecular weight is 862 g/mol. The van der Waals surface area contributed by atoms with Gasteiger partial charge in [-0.05, 0) is 73.3 Å². The number of carbonyl (C=O) groups is 7. The van der Waals surface area contributed by atoms with Crippen LogP contribution < -0.4 is 21.3 Å².